The highest BCUT2D eigenvalue weighted by molar-refractivity contribution is 6.30. The monoisotopic (exact) mass is 566 g/mol. The molecular weight excluding hydrogens is 535 g/mol. The molecule has 3 aliphatic heterocycles. The van der Waals surface area contributed by atoms with E-state index in [4.69, 9.17) is 27.9 Å². The van der Waals surface area contributed by atoms with Gasteiger partial charge in [0.2, 0.25) is 0 Å². The molecule has 4 heterocycles. The predicted molar refractivity (Wildman–Crippen MR) is 151 cm³/mol. The number of ether oxygens (including phenoxy) is 1. The van der Waals surface area contributed by atoms with Crippen molar-refractivity contribution in [2.24, 2.45) is 0 Å². The first-order valence-electron chi connectivity index (χ1n) is 13.2. The second-order valence-electron chi connectivity index (χ2n) is 11.2. The van der Waals surface area contributed by atoms with Gasteiger partial charge in [0.05, 0.1) is 22.9 Å². The molecule has 9 heteroatoms. The summed E-state index contributed by atoms with van der Waals surface area (Å²) in [5, 5.41) is 12.8. The molecule has 2 aromatic carbocycles. The van der Waals surface area contributed by atoms with Crippen molar-refractivity contribution in [2.75, 3.05) is 33.8 Å². The van der Waals surface area contributed by atoms with Gasteiger partial charge in [0.25, 0.3) is 5.91 Å². The molecule has 1 amide bonds. The van der Waals surface area contributed by atoms with Gasteiger partial charge < -0.3 is 14.7 Å². The average molecular weight is 568 g/mol. The lowest BCUT2D eigenvalue weighted by molar-refractivity contribution is -0.0868. The topological polar surface area (TPSA) is 69.1 Å². The Labute approximate surface area is 238 Å². The predicted octanol–water partition coefficient (Wildman–Crippen LogP) is 4.49. The lowest BCUT2D eigenvalue weighted by Crippen LogP contribution is -2.49. The smallest absolute Gasteiger partial charge is 0.257 e. The summed E-state index contributed by atoms with van der Waals surface area (Å²) in [6.07, 6.45) is 2.71. The standard InChI is InChI=1S/C30H32Cl2N4O3/c1-29(38,18-35-17-24-13-25(35)16-34(24)2)20-6-11-27-26(12-20)28(37)36(15-23-10-9-22(32)14-33-23)30(27,39-3)19-4-7-21(31)8-5-19/h4-12,14,24-25,38H,13,15-18H2,1-3H3/t24-,25-,29?,30-/m1/s1. The van der Waals surface area contributed by atoms with E-state index in [1.54, 1.807) is 42.5 Å². The number of piperazine rings is 1. The molecule has 4 atom stereocenters. The number of fused-ring (bicyclic) bond motifs is 3. The van der Waals surface area contributed by atoms with E-state index in [-0.39, 0.29) is 12.5 Å². The number of likely N-dealkylation sites (N-methyl/N-ethyl adjacent to an activating group) is 1. The summed E-state index contributed by atoms with van der Waals surface area (Å²) in [6, 6.07) is 17.6. The third-order valence-electron chi connectivity index (χ3n) is 8.64. The number of aromatic nitrogens is 1. The third-order valence-corrected chi connectivity index (χ3v) is 9.12. The van der Waals surface area contributed by atoms with E-state index in [9.17, 15) is 9.90 Å². The van der Waals surface area contributed by atoms with Crippen LogP contribution in [0, 0.1) is 0 Å². The maximum absolute atomic E-state index is 14.1. The lowest BCUT2D eigenvalue weighted by atomic mass is 9.88. The van der Waals surface area contributed by atoms with Gasteiger partial charge in [-0.05, 0) is 56.3 Å². The Morgan fingerprint density at radius 2 is 1.82 bits per heavy atom. The molecule has 204 valence electrons. The van der Waals surface area contributed by atoms with Gasteiger partial charge in [-0.1, -0.05) is 47.5 Å². The molecular formula is C30H32Cl2N4O3. The van der Waals surface area contributed by atoms with Gasteiger partial charge in [-0.25, -0.2) is 0 Å². The Kier molecular flexibility index (Phi) is 6.73. The summed E-state index contributed by atoms with van der Waals surface area (Å²) in [5.41, 5.74) is 1.05. The maximum atomic E-state index is 14.1. The number of aliphatic hydroxyl groups is 1. The Morgan fingerprint density at radius 1 is 1.08 bits per heavy atom. The van der Waals surface area contributed by atoms with Gasteiger partial charge in [0.1, 0.15) is 0 Å². The first-order chi connectivity index (χ1) is 18.6. The van der Waals surface area contributed by atoms with E-state index in [1.165, 1.54) is 0 Å². The van der Waals surface area contributed by atoms with Gasteiger partial charge in [-0.2, -0.15) is 0 Å². The summed E-state index contributed by atoms with van der Waals surface area (Å²) in [7, 11) is 3.77. The van der Waals surface area contributed by atoms with E-state index in [0.717, 1.165) is 25.1 Å². The van der Waals surface area contributed by atoms with Crippen LogP contribution in [0.1, 0.15) is 46.1 Å². The van der Waals surface area contributed by atoms with Crippen molar-refractivity contribution in [2.45, 2.75) is 43.3 Å². The molecule has 2 fully saturated rings. The summed E-state index contributed by atoms with van der Waals surface area (Å²) in [4.78, 5) is 25.0. The average Bonchev–Trinajstić information content (AvgIpc) is 3.55. The molecule has 7 nitrogen and oxygen atoms in total. The van der Waals surface area contributed by atoms with E-state index in [1.807, 2.05) is 37.3 Å². The zero-order valence-electron chi connectivity index (χ0n) is 22.3. The molecule has 0 radical (unpaired) electrons. The highest BCUT2D eigenvalue weighted by Gasteiger charge is 2.52. The number of likely N-dealkylation sites (tertiary alicyclic amines) is 2. The van der Waals surface area contributed by atoms with Crippen molar-refractivity contribution >= 4 is 29.1 Å². The minimum Gasteiger partial charge on any atom is -0.384 e. The molecule has 3 aromatic rings. The van der Waals surface area contributed by atoms with Crippen molar-refractivity contribution in [3.63, 3.8) is 0 Å². The number of pyridine rings is 1. The Bertz CT molecular complexity index is 1400. The molecule has 2 bridgehead atoms. The van der Waals surface area contributed by atoms with Crippen LogP contribution in [-0.2, 0) is 22.6 Å². The first-order valence-corrected chi connectivity index (χ1v) is 13.9. The molecule has 1 aromatic heterocycles. The fraction of sp³-hybridized carbons (Fsp3) is 0.400. The van der Waals surface area contributed by atoms with Crippen molar-refractivity contribution in [1.82, 2.24) is 19.7 Å². The quantitative estimate of drug-likeness (QED) is 0.454. The largest absolute Gasteiger partial charge is 0.384 e. The number of amides is 1. The fourth-order valence-electron chi connectivity index (χ4n) is 6.58. The summed E-state index contributed by atoms with van der Waals surface area (Å²) >= 11 is 12.3. The highest BCUT2D eigenvalue weighted by Crippen LogP contribution is 2.47. The van der Waals surface area contributed by atoms with Crippen LogP contribution in [0.5, 0.6) is 0 Å². The van der Waals surface area contributed by atoms with Crippen LogP contribution in [0.2, 0.25) is 10.0 Å². The zero-order chi connectivity index (χ0) is 27.5. The number of halogens is 2. The number of benzene rings is 2. The second kappa shape index (κ2) is 9.84. The van der Waals surface area contributed by atoms with Gasteiger partial charge in [-0.15, -0.1) is 0 Å². The summed E-state index contributed by atoms with van der Waals surface area (Å²) in [5.74, 6) is -0.196. The minimum atomic E-state index is -1.19. The zero-order valence-corrected chi connectivity index (χ0v) is 23.8. The van der Waals surface area contributed by atoms with Crippen LogP contribution < -0.4 is 0 Å². The SMILES string of the molecule is CO[C@]1(c2ccc(Cl)cc2)c2ccc(C(C)(O)CN3C[C@H]4C[C@@H]3CN4C)cc2C(=O)N1Cc1ccc(Cl)cn1. The van der Waals surface area contributed by atoms with Gasteiger partial charge in [0.15, 0.2) is 5.72 Å². The Balaban J connectivity index is 1.39. The first kappa shape index (κ1) is 26.7. The van der Waals surface area contributed by atoms with Crippen LogP contribution in [0.4, 0.5) is 0 Å². The number of nitrogens with zero attached hydrogens (tertiary/aromatic N) is 4. The van der Waals surface area contributed by atoms with Gasteiger partial charge in [-0.3, -0.25) is 19.6 Å². The molecule has 1 unspecified atom stereocenters. The second-order valence-corrected chi connectivity index (χ2v) is 12.0. The summed E-state index contributed by atoms with van der Waals surface area (Å²) in [6.45, 7) is 4.53. The number of β-amino-alcohol motifs (C(OH)–C–C–N with tert-alkyl or cyclic N) is 1. The molecule has 1 N–H and O–H groups in total. The fourth-order valence-corrected chi connectivity index (χ4v) is 6.82. The normalized spacial score (nSPS) is 26.3. The van der Waals surface area contributed by atoms with Crippen molar-refractivity contribution in [3.8, 4) is 0 Å². The molecule has 39 heavy (non-hydrogen) atoms. The van der Waals surface area contributed by atoms with Crippen molar-refractivity contribution < 1.29 is 14.6 Å². The Morgan fingerprint density at radius 3 is 2.44 bits per heavy atom. The lowest BCUT2D eigenvalue weighted by Gasteiger charge is -2.38. The Hall–Kier alpha value is -2.52. The number of methoxy groups -OCH3 is 1. The van der Waals surface area contributed by atoms with E-state index in [2.05, 4.69) is 21.8 Å². The molecule has 0 spiro atoms. The van der Waals surface area contributed by atoms with Crippen LogP contribution in [-0.4, -0.2) is 76.6 Å². The van der Waals surface area contributed by atoms with Crippen molar-refractivity contribution in [1.29, 1.82) is 0 Å². The van der Waals surface area contributed by atoms with Crippen LogP contribution in [0.15, 0.2) is 60.8 Å². The minimum absolute atomic E-state index is 0.196. The van der Waals surface area contributed by atoms with Gasteiger partial charge >= 0.3 is 0 Å². The van der Waals surface area contributed by atoms with Crippen LogP contribution in [0.3, 0.4) is 0 Å². The molecule has 0 aliphatic carbocycles. The van der Waals surface area contributed by atoms with Crippen LogP contribution >= 0.6 is 23.2 Å². The molecule has 6 rings (SSSR count). The van der Waals surface area contributed by atoms with E-state index >= 15 is 0 Å². The summed E-state index contributed by atoms with van der Waals surface area (Å²) < 4.78 is 6.24. The van der Waals surface area contributed by atoms with Gasteiger partial charge in [0, 0.05) is 66.7 Å². The number of carbonyl (C=O) groups excluding carboxylic acids is 1. The van der Waals surface area contributed by atoms with E-state index in [0.29, 0.717) is 51.1 Å². The molecule has 2 saturated heterocycles. The number of hydrogen-bond donors (Lipinski definition) is 1. The third kappa shape index (κ3) is 4.46. The van der Waals surface area contributed by atoms with Crippen molar-refractivity contribution in [3.05, 3.63) is 98.8 Å². The van der Waals surface area contributed by atoms with E-state index < -0.39 is 11.3 Å². The number of carbonyl (C=O) groups is 1. The van der Waals surface area contributed by atoms with Crippen LogP contribution in [0.25, 0.3) is 0 Å². The number of hydrogen-bond acceptors (Lipinski definition) is 6. The highest BCUT2D eigenvalue weighted by atomic mass is 35.5. The maximum Gasteiger partial charge on any atom is 0.257 e. The molecule has 3 aliphatic rings. The molecule has 0 saturated carbocycles. The number of rotatable bonds is 7.